The van der Waals surface area contributed by atoms with Crippen molar-refractivity contribution in [3.63, 3.8) is 0 Å². The summed E-state index contributed by atoms with van der Waals surface area (Å²) in [6.45, 7) is 5.51. The van der Waals surface area contributed by atoms with Crippen molar-refractivity contribution in [2.24, 2.45) is 5.92 Å². The molecule has 0 bridgehead atoms. The van der Waals surface area contributed by atoms with Crippen LogP contribution in [-0.4, -0.2) is 20.4 Å². The molecule has 0 atom stereocenters. The topological polar surface area (TPSA) is 111 Å². The van der Waals surface area contributed by atoms with Gasteiger partial charge in [0.1, 0.15) is 22.5 Å². The molecule has 6 heteroatoms. The number of rotatable bonds is 3. The number of aryl methyl sites for hydroxylation is 1. The maximum absolute atomic E-state index is 13.4. The maximum atomic E-state index is 13.4. The largest absolute Gasteiger partial charge is 0.508 e. The number of phenols is 4. The molecule has 0 radical (unpaired) electrons. The van der Waals surface area contributed by atoms with Gasteiger partial charge in [0.15, 0.2) is 11.5 Å². The summed E-state index contributed by atoms with van der Waals surface area (Å²) in [4.78, 5) is 13.4. The second kappa shape index (κ2) is 6.99. The molecule has 0 spiro atoms. The van der Waals surface area contributed by atoms with Gasteiger partial charge >= 0.3 is 0 Å². The molecular formula is C24H22O6. The molecule has 0 saturated carbocycles. The molecule has 0 aliphatic heterocycles. The van der Waals surface area contributed by atoms with E-state index >= 15 is 0 Å². The molecule has 4 rings (SSSR count). The van der Waals surface area contributed by atoms with Crippen molar-refractivity contribution < 1.29 is 24.8 Å². The Labute approximate surface area is 172 Å². The van der Waals surface area contributed by atoms with Gasteiger partial charge in [-0.15, -0.1) is 0 Å². The van der Waals surface area contributed by atoms with Gasteiger partial charge in [0.25, 0.3) is 0 Å². The van der Waals surface area contributed by atoms with Crippen LogP contribution in [0.15, 0.2) is 45.6 Å². The van der Waals surface area contributed by atoms with Crippen LogP contribution in [0.25, 0.3) is 32.9 Å². The Kier molecular flexibility index (Phi) is 4.57. The molecule has 1 heterocycles. The zero-order valence-electron chi connectivity index (χ0n) is 16.9. The van der Waals surface area contributed by atoms with Crippen LogP contribution >= 0.6 is 0 Å². The summed E-state index contributed by atoms with van der Waals surface area (Å²) < 4.78 is 5.94. The number of hydrogen-bond acceptors (Lipinski definition) is 6. The van der Waals surface area contributed by atoms with Gasteiger partial charge in [0.2, 0.25) is 11.2 Å². The fourth-order valence-electron chi connectivity index (χ4n) is 3.87. The smallest absolute Gasteiger partial charge is 0.204 e. The normalized spacial score (nSPS) is 11.6. The standard InChI is InChI=1S/C24H22O6/c1-11(2)8-17-20(26)23(29)22(28)19-21(27)18(12(3)30-24(17)19)15-5-4-14-10-16(25)7-6-13(14)9-15/h4-7,9-11,25-26,28-29H,8H2,1-3H3. The maximum Gasteiger partial charge on any atom is 0.204 e. The minimum Gasteiger partial charge on any atom is -0.508 e. The predicted octanol–water partition coefficient (Wildman–Crippen LogP) is 4.94. The molecule has 0 amide bonds. The Morgan fingerprint density at radius 3 is 2.27 bits per heavy atom. The van der Waals surface area contributed by atoms with Crippen molar-refractivity contribution in [3.05, 3.63) is 57.9 Å². The van der Waals surface area contributed by atoms with Gasteiger partial charge in [-0.25, -0.2) is 0 Å². The van der Waals surface area contributed by atoms with E-state index in [-0.39, 0.29) is 33.8 Å². The summed E-state index contributed by atoms with van der Waals surface area (Å²) >= 11 is 0. The summed E-state index contributed by atoms with van der Waals surface area (Å²) in [7, 11) is 0. The lowest BCUT2D eigenvalue weighted by Crippen LogP contribution is -2.10. The van der Waals surface area contributed by atoms with E-state index in [4.69, 9.17) is 4.42 Å². The van der Waals surface area contributed by atoms with Crippen LogP contribution in [0.1, 0.15) is 25.2 Å². The Bertz CT molecular complexity index is 1360. The fraction of sp³-hybridized carbons (Fsp3) is 0.208. The van der Waals surface area contributed by atoms with E-state index in [2.05, 4.69) is 0 Å². The van der Waals surface area contributed by atoms with Crippen molar-refractivity contribution in [3.8, 4) is 34.1 Å². The molecule has 6 nitrogen and oxygen atoms in total. The Morgan fingerprint density at radius 1 is 0.900 bits per heavy atom. The molecular weight excluding hydrogens is 384 g/mol. The van der Waals surface area contributed by atoms with Gasteiger partial charge in [-0.05, 0) is 53.8 Å². The average molecular weight is 406 g/mol. The lowest BCUT2D eigenvalue weighted by molar-refractivity contribution is 0.365. The van der Waals surface area contributed by atoms with Gasteiger partial charge in [-0.3, -0.25) is 4.79 Å². The second-order valence-corrected chi connectivity index (χ2v) is 7.94. The molecule has 0 aliphatic carbocycles. The van der Waals surface area contributed by atoms with E-state index in [0.717, 1.165) is 10.8 Å². The van der Waals surface area contributed by atoms with Gasteiger partial charge in [-0.1, -0.05) is 32.0 Å². The number of hydrogen-bond donors (Lipinski definition) is 4. The summed E-state index contributed by atoms with van der Waals surface area (Å²) in [5.74, 6) is -1.31. The first-order chi connectivity index (χ1) is 14.2. The first-order valence-corrected chi connectivity index (χ1v) is 9.65. The van der Waals surface area contributed by atoms with Crippen LogP contribution in [0.3, 0.4) is 0 Å². The van der Waals surface area contributed by atoms with E-state index in [0.29, 0.717) is 17.7 Å². The Balaban J connectivity index is 2.06. The van der Waals surface area contributed by atoms with Crippen LogP contribution in [0.2, 0.25) is 0 Å². The van der Waals surface area contributed by atoms with E-state index < -0.39 is 22.7 Å². The van der Waals surface area contributed by atoms with Crippen LogP contribution in [0.5, 0.6) is 23.0 Å². The number of phenolic OH excluding ortho intramolecular Hbond substituents is 4. The molecule has 4 aromatic rings. The highest BCUT2D eigenvalue weighted by atomic mass is 16.3. The van der Waals surface area contributed by atoms with Crippen molar-refractivity contribution in [1.82, 2.24) is 0 Å². The molecule has 1 aromatic heterocycles. The average Bonchev–Trinajstić information content (AvgIpc) is 2.69. The zero-order chi connectivity index (χ0) is 21.7. The first kappa shape index (κ1) is 19.6. The van der Waals surface area contributed by atoms with E-state index in [1.165, 1.54) is 0 Å². The quantitative estimate of drug-likeness (QED) is 0.359. The highest BCUT2D eigenvalue weighted by Gasteiger charge is 2.25. The van der Waals surface area contributed by atoms with Crippen molar-refractivity contribution in [2.75, 3.05) is 0 Å². The lowest BCUT2D eigenvalue weighted by Gasteiger charge is -2.15. The molecule has 0 aliphatic rings. The molecule has 30 heavy (non-hydrogen) atoms. The van der Waals surface area contributed by atoms with E-state index in [1.807, 2.05) is 13.8 Å². The summed E-state index contributed by atoms with van der Waals surface area (Å²) in [5, 5.41) is 42.1. The fourth-order valence-corrected chi connectivity index (χ4v) is 3.87. The van der Waals surface area contributed by atoms with Crippen LogP contribution in [0, 0.1) is 12.8 Å². The SMILES string of the molecule is Cc1oc2c(CC(C)C)c(O)c(O)c(O)c2c(=O)c1-c1ccc2cc(O)ccc2c1. The first-order valence-electron chi connectivity index (χ1n) is 9.65. The number of benzene rings is 3. The highest BCUT2D eigenvalue weighted by Crippen LogP contribution is 2.45. The Hall–Kier alpha value is -3.67. The summed E-state index contributed by atoms with van der Waals surface area (Å²) in [6.07, 6.45) is 0.358. The Morgan fingerprint density at radius 2 is 1.57 bits per heavy atom. The van der Waals surface area contributed by atoms with Gasteiger partial charge < -0.3 is 24.8 Å². The molecule has 0 saturated heterocycles. The minimum absolute atomic E-state index is 0.0773. The number of aromatic hydroxyl groups is 4. The zero-order valence-corrected chi connectivity index (χ0v) is 16.9. The third-order valence-corrected chi connectivity index (χ3v) is 5.26. The third-order valence-electron chi connectivity index (χ3n) is 5.26. The number of fused-ring (bicyclic) bond motifs is 2. The van der Waals surface area contributed by atoms with Crippen molar-refractivity contribution >= 4 is 21.7 Å². The summed E-state index contributed by atoms with van der Waals surface area (Å²) in [5.41, 5.74) is 0.709. The second-order valence-electron chi connectivity index (χ2n) is 7.94. The van der Waals surface area contributed by atoms with Crippen LogP contribution in [-0.2, 0) is 6.42 Å². The highest BCUT2D eigenvalue weighted by molar-refractivity contribution is 5.95. The lowest BCUT2D eigenvalue weighted by atomic mass is 9.95. The van der Waals surface area contributed by atoms with Gasteiger partial charge in [-0.2, -0.15) is 0 Å². The molecule has 3 aromatic carbocycles. The predicted molar refractivity (Wildman–Crippen MR) is 115 cm³/mol. The third kappa shape index (κ3) is 3.01. The van der Waals surface area contributed by atoms with Crippen molar-refractivity contribution in [2.45, 2.75) is 27.2 Å². The van der Waals surface area contributed by atoms with Gasteiger partial charge in [0.05, 0.1) is 5.56 Å². The van der Waals surface area contributed by atoms with E-state index in [1.54, 1.807) is 43.3 Å². The van der Waals surface area contributed by atoms with Crippen molar-refractivity contribution in [1.29, 1.82) is 0 Å². The van der Waals surface area contributed by atoms with Crippen LogP contribution in [0.4, 0.5) is 0 Å². The molecule has 154 valence electrons. The monoisotopic (exact) mass is 406 g/mol. The van der Waals surface area contributed by atoms with Crippen LogP contribution < -0.4 is 5.43 Å². The van der Waals surface area contributed by atoms with Gasteiger partial charge in [0, 0.05) is 5.56 Å². The molecule has 0 fully saturated rings. The van der Waals surface area contributed by atoms with E-state index in [9.17, 15) is 25.2 Å². The summed E-state index contributed by atoms with van der Waals surface area (Å²) in [6, 6.07) is 10.2. The molecule has 0 unspecified atom stereocenters. The molecule has 4 N–H and O–H groups in total. The minimum atomic E-state index is -0.728.